The van der Waals surface area contributed by atoms with Crippen molar-refractivity contribution in [3.63, 3.8) is 0 Å². The quantitative estimate of drug-likeness (QED) is 0.167. The van der Waals surface area contributed by atoms with Crippen molar-refractivity contribution < 1.29 is 13.7 Å². The maximum Gasteiger partial charge on any atom is 0.0645 e. The highest BCUT2D eigenvalue weighted by atomic mass is 15.0. The smallest absolute Gasteiger partial charge is 0.0645 e. The van der Waals surface area contributed by atoms with Crippen LogP contribution in [0.1, 0.15) is 24.8 Å². The summed E-state index contributed by atoms with van der Waals surface area (Å²) in [5, 5.41) is 11.9. The fourth-order valence-corrected chi connectivity index (χ4v) is 11.4. The van der Waals surface area contributed by atoms with Crippen molar-refractivity contribution >= 4 is 120 Å². The first-order valence-electron chi connectivity index (χ1n) is 25.1. The summed E-state index contributed by atoms with van der Waals surface area (Å²) in [6.07, 6.45) is 0. The largest absolute Gasteiger partial charge is 0.309 e. The number of para-hydroxylation sites is 6. The average molecular weight is 773 g/mol. The number of aryl methyl sites for hydroxylation is 2. The molecule has 0 radical (unpaired) electrons. The van der Waals surface area contributed by atoms with Gasteiger partial charge in [0.05, 0.1) is 68.9 Å². The van der Waals surface area contributed by atoms with E-state index in [0.29, 0.717) is 0 Å². The van der Waals surface area contributed by atoms with Crippen molar-refractivity contribution in [3.8, 4) is 11.4 Å². The number of hydrogen-bond donors (Lipinski definition) is 0. The van der Waals surface area contributed by atoms with Crippen LogP contribution in [-0.4, -0.2) is 17.9 Å². The summed E-state index contributed by atoms with van der Waals surface area (Å²) in [6, 6.07) is 33.5. The van der Waals surface area contributed by atoms with Gasteiger partial charge in [-0.05, 0) is 73.4 Å². The van der Waals surface area contributed by atoms with E-state index in [1.165, 1.54) is 0 Å². The van der Waals surface area contributed by atoms with Gasteiger partial charge in [0.25, 0.3) is 0 Å². The summed E-state index contributed by atoms with van der Waals surface area (Å²) in [7, 11) is 0. The number of rotatable bonds is 2. The van der Waals surface area contributed by atoms with E-state index >= 15 is 0 Å². The molecule has 0 aliphatic rings. The van der Waals surface area contributed by atoms with Crippen LogP contribution in [0.15, 0.2) is 170 Å². The molecule has 15 rings (SSSR count). The molecular weight excluding hydrogens is 729 g/mol. The average Bonchev–Trinajstić information content (AvgIpc) is 4.22. The molecule has 0 aliphatic carbocycles. The Morgan fingerprint density at radius 1 is 0.317 bits per heavy atom. The second kappa shape index (κ2) is 10.6. The van der Waals surface area contributed by atoms with E-state index in [2.05, 4.69) is 83.3 Å². The Balaban J connectivity index is 1.11. The lowest BCUT2D eigenvalue weighted by atomic mass is 9.96. The van der Waals surface area contributed by atoms with Gasteiger partial charge in [-0.2, -0.15) is 0 Å². The summed E-state index contributed by atoms with van der Waals surface area (Å²) in [5.74, 6) is 0. The van der Waals surface area contributed by atoms with Crippen molar-refractivity contribution in [1.82, 2.24) is 17.9 Å². The minimum atomic E-state index is -0.435. The van der Waals surface area contributed by atoms with Gasteiger partial charge in [0, 0.05) is 76.0 Å². The van der Waals surface area contributed by atoms with E-state index in [-0.39, 0.29) is 59.7 Å². The van der Waals surface area contributed by atoms with E-state index in [4.69, 9.17) is 13.7 Å². The lowest BCUT2D eigenvalue weighted by Gasteiger charge is -2.11. The minimum absolute atomic E-state index is 0.109. The number of nitrogens with zero attached hydrogens (tertiary/aromatic N) is 4. The molecule has 0 bridgehead atoms. The fourth-order valence-electron chi connectivity index (χ4n) is 11.4. The van der Waals surface area contributed by atoms with Crippen molar-refractivity contribution in [2.24, 2.45) is 0 Å². The molecule has 0 unspecified atom stereocenters. The Bertz CT molecular complexity index is 4610. The monoisotopic (exact) mass is 772 g/mol. The highest BCUT2D eigenvalue weighted by Crippen LogP contribution is 2.51. The second-order valence-corrected chi connectivity index (χ2v) is 16.1. The van der Waals surface area contributed by atoms with E-state index in [1.54, 1.807) is 0 Å². The van der Waals surface area contributed by atoms with Gasteiger partial charge in [-0.15, -0.1) is 0 Å². The molecule has 0 N–H and O–H groups in total. The molecule has 4 heteroatoms. The predicted molar refractivity (Wildman–Crippen MR) is 254 cm³/mol. The fraction of sp³-hybridized carbons (Fsp3) is 0.0357. The summed E-state index contributed by atoms with van der Waals surface area (Å²) in [5.41, 5.74) is 11.5. The van der Waals surface area contributed by atoms with Crippen molar-refractivity contribution in [1.29, 1.82) is 0 Å². The lowest BCUT2D eigenvalue weighted by Crippen LogP contribution is -1.94. The number of benzene rings is 9. The summed E-state index contributed by atoms with van der Waals surface area (Å²) in [4.78, 5) is 0. The topological polar surface area (TPSA) is 18.7 Å². The first-order chi connectivity index (χ1) is 33.8. The highest BCUT2D eigenvalue weighted by Gasteiger charge is 2.29. The standard InChI is InChI=1S/C56H34N4/c1-31-47-39-21-13-23-41-50-46(30-28-38-36-20-10-12-26-44(36)58(56(38)50)34-17-7-4-8-18-34)60(53(39)41)52(47)32(2)48-40-22-14-24-42-49-45(59(51(31)48)54(40)42)29-27-37-35-19-9-11-25-43(35)57(55(37)49)33-15-5-3-6-16-33/h3-30H,1-2H3/i3D,4D,5D,6D,7D,8D,15D,16D,17D,18D. The zero-order valence-electron chi connectivity index (χ0n) is 42.2. The normalized spacial score (nSPS) is 15.2. The summed E-state index contributed by atoms with van der Waals surface area (Å²) in [6.45, 7) is 4.40. The third-order valence-corrected chi connectivity index (χ3v) is 13.5. The maximum atomic E-state index is 9.16. The van der Waals surface area contributed by atoms with Crippen LogP contribution in [-0.2, 0) is 0 Å². The molecule has 0 saturated heterocycles. The Morgan fingerprint density at radius 3 is 1.13 bits per heavy atom. The zero-order valence-corrected chi connectivity index (χ0v) is 32.2. The van der Waals surface area contributed by atoms with Crippen LogP contribution in [0, 0.1) is 13.8 Å². The van der Waals surface area contributed by atoms with E-state index < -0.39 is 12.1 Å². The van der Waals surface area contributed by atoms with Gasteiger partial charge in [-0.3, -0.25) is 0 Å². The number of fused-ring (bicyclic) bond motifs is 20. The molecule has 0 fully saturated rings. The SMILES string of the molecule is [2H]c1c([2H])c([2H])c(-n2c3ccccc3c3ccc4c(c5cccc6c7c(C)c8c(c(C)c7n4c65)c4cccc5c6c7c(ccc6n8c45)c4ccccc4n7-c4c([2H])c([2H])c([2H])c([2H])c4[2H])c32)c([2H])c1[2H]. The summed E-state index contributed by atoms with van der Waals surface area (Å²) >= 11 is 0. The maximum absolute atomic E-state index is 9.16. The van der Waals surface area contributed by atoms with Gasteiger partial charge in [-0.25, -0.2) is 0 Å². The number of aromatic nitrogens is 4. The van der Waals surface area contributed by atoms with Gasteiger partial charge in [0.15, 0.2) is 0 Å². The minimum Gasteiger partial charge on any atom is -0.309 e. The van der Waals surface area contributed by atoms with Crippen molar-refractivity contribution in [3.05, 3.63) is 181 Å². The Morgan fingerprint density at radius 2 is 0.700 bits per heavy atom. The van der Waals surface area contributed by atoms with Crippen molar-refractivity contribution in [2.45, 2.75) is 13.8 Å². The molecule has 6 aromatic heterocycles. The molecule has 0 aliphatic heterocycles. The van der Waals surface area contributed by atoms with Crippen LogP contribution in [0.4, 0.5) is 0 Å². The van der Waals surface area contributed by atoms with Crippen LogP contribution in [0.5, 0.6) is 0 Å². The van der Waals surface area contributed by atoms with Crippen LogP contribution < -0.4 is 0 Å². The predicted octanol–water partition coefficient (Wildman–Crippen LogP) is 14.8. The van der Waals surface area contributed by atoms with Crippen LogP contribution in [0.25, 0.3) is 131 Å². The second-order valence-electron chi connectivity index (χ2n) is 16.1. The molecule has 60 heavy (non-hydrogen) atoms. The Hall–Kier alpha value is -7.82. The zero-order chi connectivity index (χ0) is 47.8. The Kier molecular flexibility index (Phi) is 4.17. The van der Waals surface area contributed by atoms with Gasteiger partial charge < -0.3 is 17.9 Å². The molecule has 4 nitrogen and oxygen atoms in total. The molecule has 0 spiro atoms. The molecule has 0 amide bonds. The molecular formula is C56H34N4. The van der Waals surface area contributed by atoms with Crippen LogP contribution in [0.2, 0.25) is 0 Å². The van der Waals surface area contributed by atoms with Gasteiger partial charge >= 0.3 is 0 Å². The third-order valence-electron chi connectivity index (χ3n) is 13.5. The molecule has 9 aromatic carbocycles. The van der Waals surface area contributed by atoms with Gasteiger partial charge in [-0.1, -0.05) is 121 Å². The van der Waals surface area contributed by atoms with Crippen LogP contribution >= 0.6 is 0 Å². The molecule has 15 aromatic rings. The molecule has 0 saturated carbocycles. The molecule has 0 atom stereocenters. The van der Waals surface area contributed by atoms with E-state index in [9.17, 15) is 0 Å². The highest BCUT2D eigenvalue weighted by molar-refractivity contribution is 6.36. The third kappa shape index (κ3) is 3.43. The van der Waals surface area contributed by atoms with Crippen molar-refractivity contribution in [2.75, 3.05) is 0 Å². The molecule has 6 heterocycles. The Labute approximate surface area is 356 Å². The van der Waals surface area contributed by atoms with Crippen LogP contribution in [0.3, 0.4) is 0 Å². The van der Waals surface area contributed by atoms with Gasteiger partial charge in [0.2, 0.25) is 0 Å². The molecule has 278 valence electrons. The van der Waals surface area contributed by atoms with Gasteiger partial charge in [0.1, 0.15) is 0 Å². The first kappa shape index (κ1) is 23.6. The summed E-state index contributed by atoms with van der Waals surface area (Å²) < 4.78 is 96.7. The van der Waals surface area contributed by atoms with E-state index in [0.717, 1.165) is 131 Å². The lowest BCUT2D eigenvalue weighted by molar-refractivity contribution is 1.19. The first-order valence-corrected chi connectivity index (χ1v) is 20.1. The number of hydrogen-bond acceptors (Lipinski definition) is 0. The van der Waals surface area contributed by atoms with E-state index in [1.807, 2.05) is 57.7 Å².